The van der Waals surface area contributed by atoms with Crippen molar-refractivity contribution in [1.29, 1.82) is 0 Å². The van der Waals surface area contributed by atoms with E-state index in [0.717, 1.165) is 12.1 Å². The van der Waals surface area contributed by atoms with Gasteiger partial charge < -0.3 is 10.2 Å². The first-order chi connectivity index (χ1) is 5.15. The van der Waals surface area contributed by atoms with Gasteiger partial charge in [0.15, 0.2) is 17.3 Å². The minimum Gasteiger partial charge on any atom is -0.504 e. The highest BCUT2D eigenvalue weighted by Crippen LogP contribution is 2.28. The van der Waals surface area contributed by atoms with Gasteiger partial charge in [-0.2, -0.15) is 0 Å². The van der Waals surface area contributed by atoms with E-state index >= 15 is 0 Å². The van der Waals surface area contributed by atoms with Crippen molar-refractivity contribution in [2.24, 2.45) is 0 Å². The largest absolute Gasteiger partial charge is 0.504 e. The Hall–Kier alpha value is -1.58. The first-order valence-corrected chi connectivity index (χ1v) is 2.82. The van der Waals surface area contributed by atoms with Crippen molar-refractivity contribution < 1.29 is 19.4 Å². The van der Waals surface area contributed by atoms with Crippen molar-refractivity contribution in [3.05, 3.63) is 23.5 Å². The second-order valence-corrected chi connectivity index (χ2v) is 1.99. The number of carbonyl (C=O) groups is 1. The molecule has 0 heterocycles. The van der Waals surface area contributed by atoms with Crippen LogP contribution in [0.3, 0.4) is 0 Å². The topological polar surface area (TPSA) is 57.5 Å². The molecule has 0 saturated carbocycles. The summed E-state index contributed by atoms with van der Waals surface area (Å²) in [5.74, 6) is -2.48. The molecule has 1 rings (SSSR count). The smallest absolute Gasteiger partial charge is 0.194 e. The van der Waals surface area contributed by atoms with E-state index in [1.165, 1.54) is 0 Å². The minimum absolute atomic E-state index is 0.0159. The van der Waals surface area contributed by atoms with Gasteiger partial charge in [-0.05, 0) is 12.1 Å². The van der Waals surface area contributed by atoms with Crippen LogP contribution in [-0.2, 0) is 0 Å². The van der Waals surface area contributed by atoms with E-state index in [9.17, 15) is 9.18 Å². The predicted octanol–water partition coefficient (Wildman–Crippen LogP) is 1.05. The number of phenolic OH excluding ortho intramolecular Hbond substituents is 2. The molecule has 0 aliphatic carbocycles. The highest BCUT2D eigenvalue weighted by Gasteiger charge is 2.07. The zero-order valence-electron chi connectivity index (χ0n) is 5.41. The van der Waals surface area contributed by atoms with E-state index in [-0.39, 0.29) is 5.56 Å². The van der Waals surface area contributed by atoms with Gasteiger partial charge >= 0.3 is 0 Å². The van der Waals surface area contributed by atoms with Crippen molar-refractivity contribution in [2.45, 2.75) is 0 Å². The van der Waals surface area contributed by atoms with Crippen LogP contribution in [0, 0.1) is 5.82 Å². The quantitative estimate of drug-likeness (QED) is 0.472. The van der Waals surface area contributed by atoms with Gasteiger partial charge in [0.2, 0.25) is 0 Å². The van der Waals surface area contributed by atoms with Crippen LogP contribution in [0.1, 0.15) is 10.4 Å². The molecule has 1 aromatic rings. The van der Waals surface area contributed by atoms with Crippen LogP contribution < -0.4 is 0 Å². The molecule has 0 unspecified atom stereocenters. The summed E-state index contributed by atoms with van der Waals surface area (Å²) in [4.78, 5) is 10.1. The molecule has 1 aromatic carbocycles. The molecule has 0 radical (unpaired) electrons. The molecule has 0 aromatic heterocycles. The summed E-state index contributed by atoms with van der Waals surface area (Å²) in [6.45, 7) is 0. The van der Waals surface area contributed by atoms with Crippen molar-refractivity contribution in [1.82, 2.24) is 0 Å². The van der Waals surface area contributed by atoms with Gasteiger partial charge in [-0.25, -0.2) is 4.39 Å². The average Bonchev–Trinajstić information content (AvgIpc) is 1.99. The number of benzene rings is 1. The van der Waals surface area contributed by atoms with Crippen LogP contribution in [-0.4, -0.2) is 16.5 Å². The van der Waals surface area contributed by atoms with Crippen molar-refractivity contribution in [3.63, 3.8) is 0 Å². The van der Waals surface area contributed by atoms with Gasteiger partial charge in [0, 0.05) is 5.56 Å². The second-order valence-electron chi connectivity index (χ2n) is 1.99. The summed E-state index contributed by atoms with van der Waals surface area (Å²) < 4.78 is 12.5. The maximum absolute atomic E-state index is 12.5. The summed E-state index contributed by atoms with van der Waals surface area (Å²) in [6.07, 6.45) is 0.377. The Labute approximate surface area is 61.7 Å². The lowest BCUT2D eigenvalue weighted by molar-refractivity contribution is 0.112. The number of halogens is 1. The third-order valence-electron chi connectivity index (χ3n) is 1.20. The third-order valence-corrected chi connectivity index (χ3v) is 1.20. The van der Waals surface area contributed by atoms with Gasteiger partial charge in [0.1, 0.15) is 6.29 Å². The molecule has 4 heteroatoms. The summed E-state index contributed by atoms with van der Waals surface area (Å²) in [5, 5.41) is 17.4. The Morgan fingerprint density at radius 2 is 2.00 bits per heavy atom. The van der Waals surface area contributed by atoms with Crippen LogP contribution >= 0.6 is 0 Å². The summed E-state index contributed by atoms with van der Waals surface area (Å²) in [5.41, 5.74) is -0.0159. The van der Waals surface area contributed by atoms with Crippen LogP contribution in [0.25, 0.3) is 0 Å². The Kier molecular flexibility index (Phi) is 1.76. The lowest BCUT2D eigenvalue weighted by atomic mass is 10.2. The van der Waals surface area contributed by atoms with Gasteiger partial charge in [-0.15, -0.1) is 0 Å². The third kappa shape index (κ3) is 1.29. The molecular formula is C7H5FO3. The van der Waals surface area contributed by atoms with Gasteiger partial charge in [0.25, 0.3) is 0 Å². The van der Waals surface area contributed by atoms with Crippen molar-refractivity contribution in [3.8, 4) is 11.5 Å². The Bertz CT molecular complexity index is 273. The van der Waals surface area contributed by atoms with Crippen LogP contribution in [0.2, 0.25) is 0 Å². The van der Waals surface area contributed by atoms with Gasteiger partial charge in [-0.3, -0.25) is 4.79 Å². The molecule has 11 heavy (non-hydrogen) atoms. The fraction of sp³-hybridized carbons (Fsp3) is 0. The van der Waals surface area contributed by atoms with E-state index in [0.29, 0.717) is 6.29 Å². The lowest BCUT2D eigenvalue weighted by Gasteiger charge is -1.98. The molecule has 0 aliphatic rings. The zero-order valence-corrected chi connectivity index (χ0v) is 5.41. The molecule has 58 valence electrons. The molecule has 0 bridgehead atoms. The molecule has 2 N–H and O–H groups in total. The molecule has 0 aliphatic heterocycles. The van der Waals surface area contributed by atoms with E-state index in [1.807, 2.05) is 0 Å². The highest BCUT2D eigenvalue weighted by molar-refractivity contribution is 5.76. The molecule has 0 amide bonds. The van der Waals surface area contributed by atoms with E-state index in [2.05, 4.69) is 0 Å². The Balaban J connectivity index is 3.31. The molecule has 3 nitrogen and oxygen atoms in total. The normalized spacial score (nSPS) is 9.55. The van der Waals surface area contributed by atoms with Gasteiger partial charge in [0.05, 0.1) is 0 Å². The number of hydrogen-bond acceptors (Lipinski definition) is 3. The molecular weight excluding hydrogens is 151 g/mol. The Morgan fingerprint density at radius 3 is 2.45 bits per heavy atom. The maximum atomic E-state index is 12.5. The predicted molar refractivity (Wildman–Crippen MR) is 35.1 cm³/mol. The van der Waals surface area contributed by atoms with Gasteiger partial charge in [-0.1, -0.05) is 0 Å². The van der Waals surface area contributed by atoms with E-state index in [4.69, 9.17) is 10.2 Å². The number of carbonyl (C=O) groups excluding carboxylic acids is 1. The fourth-order valence-corrected chi connectivity index (χ4v) is 0.673. The SMILES string of the molecule is O=Cc1cc(O)c(O)c(F)c1. The molecule has 0 fully saturated rings. The maximum Gasteiger partial charge on any atom is 0.194 e. The zero-order chi connectivity index (χ0) is 8.43. The highest BCUT2D eigenvalue weighted by atomic mass is 19.1. The van der Waals surface area contributed by atoms with E-state index in [1.54, 1.807) is 0 Å². The van der Waals surface area contributed by atoms with Crippen molar-refractivity contribution >= 4 is 6.29 Å². The summed E-state index contributed by atoms with van der Waals surface area (Å²) in [7, 11) is 0. The first-order valence-electron chi connectivity index (χ1n) is 2.82. The first kappa shape index (κ1) is 7.53. The lowest BCUT2D eigenvalue weighted by Crippen LogP contribution is -1.83. The van der Waals surface area contributed by atoms with Crippen LogP contribution in [0.5, 0.6) is 11.5 Å². The standard InChI is InChI=1S/C7H5FO3/c8-5-1-4(3-9)2-6(10)7(5)11/h1-3,10-11H. The number of phenols is 2. The van der Waals surface area contributed by atoms with Crippen LogP contribution in [0.4, 0.5) is 4.39 Å². The summed E-state index contributed by atoms with van der Waals surface area (Å²) in [6, 6.07) is 1.81. The number of hydrogen-bond donors (Lipinski definition) is 2. The molecule has 0 spiro atoms. The fourth-order valence-electron chi connectivity index (χ4n) is 0.673. The van der Waals surface area contributed by atoms with Crippen molar-refractivity contribution in [2.75, 3.05) is 0 Å². The summed E-state index contributed by atoms with van der Waals surface area (Å²) >= 11 is 0. The molecule has 0 atom stereocenters. The number of aldehydes is 1. The monoisotopic (exact) mass is 156 g/mol. The number of aromatic hydroxyl groups is 2. The molecule has 0 saturated heterocycles. The van der Waals surface area contributed by atoms with E-state index < -0.39 is 17.3 Å². The second kappa shape index (κ2) is 2.57. The average molecular weight is 156 g/mol. The Morgan fingerprint density at radius 1 is 1.36 bits per heavy atom. The minimum atomic E-state index is -1.01. The van der Waals surface area contributed by atoms with Crippen LogP contribution in [0.15, 0.2) is 12.1 Å². The number of rotatable bonds is 1.